The Kier molecular flexibility index (Phi) is 5.59. The summed E-state index contributed by atoms with van der Waals surface area (Å²) in [6, 6.07) is 17.8. The van der Waals surface area contributed by atoms with Crippen molar-refractivity contribution in [1.29, 1.82) is 0 Å². The fraction of sp³-hybridized carbons (Fsp3) is 0.435. The Balaban J connectivity index is 1.65. The second-order valence-electron chi connectivity index (χ2n) is 8.53. The molecule has 2 fully saturated rings. The molecule has 1 saturated carbocycles. The number of hydrogen-bond donors (Lipinski definition) is 2. The van der Waals surface area contributed by atoms with Crippen LogP contribution in [0.2, 0.25) is 0 Å². The lowest BCUT2D eigenvalue weighted by Gasteiger charge is -2.29. The first kappa shape index (κ1) is 20.9. The Hall–Kier alpha value is -2.38. The first-order valence-electron chi connectivity index (χ1n) is 10.5. The van der Waals surface area contributed by atoms with Gasteiger partial charge < -0.3 is 10.2 Å². The lowest BCUT2D eigenvalue weighted by molar-refractivity contribution is 0.189. The van der Waals surface area contributed by atoms with Crippen molar-refractivity contribution in [3.8, 4) is 11.1 Å². The Morgan fingerprint density at radius 1 is 1.10 bits per heavy atom. The molecule has 0 bridgehead atoms. The summed E-state index contributed by atoms with van der Waals surface area (Å²) in [5.74, 6) is 0. The molecule has 2 N–H and O–H groups in total. The summed E-state index contributed by atoms with van der Waals surface area (Å²) in [6.45, 7) is 3.03. The predicted octanol–water partition coefficient (Wildman–Crippen LogP) is 3.01. The molecule has 1 aliphatic carbocycles. The van der Waals surface area contributed by atoms with Gasteiger partial charge in [-0.15, -0.1) is 0 Å². The van der Waals surface area contributed by atoms with E-state index in [1.54, 1.807) is 0 Å². The van der Waals surface area contributed by atoms with Gasteiger partial charge in [-0.2, -0.15) is 0 Å². The molecule has 6 nitrogen and oxygen atoms in total. The second kappa shape index (κ2) is 8.04. The molecule has 1 saturated heterocycles. The molecule has 2 aromatic carbocycles. The molecule has 0 aromatic heterocycles. The van der Waals surface area contributed by atoms with Crippen molar-refractivity contribution in [2.24, 2.45) is 5.41 Å². The number of sulfonamides is 1. The van der Waals surface area contributed by atoms with Crippen molar-refractivity contribution in [2.75, 3.05) is 19.3 Å². The number of amides is 2. The van der Waals surface area contributed by atoms with Gasteiger partial charge in [-0.25, -0.2) is 17.9 Å². The van der Waals surface area contributed by atoms with E-state index in [1.165, 1.54) is 6.26 Å². The van der Waals surface area contributed by atoms with Crippen LogP contribution < -0.4 is 10.0 Å². The van der Waals surface area contributed by atoms with E-state index in [0.717, 1.165) is 29.5 Å². The zero-order valence-electron chi connectivity index (χ0n) is 17.5. The number of carbonyl (C=O) groups is 1. The molecule has 0 unspecified atom stereocenters. The minimum Gasteiger partial charge on any atom is -0.338 e. The van der Waals surface area contributed by atoms with Gasteiger partial charge in [0.15, 0.2) is 0 Å². The molecule has 4 rings (SSSR count). The number of benzene rings is 2. The van der Waals surface area contributed by atoms with Crippen LogP contribution in [-0.4, -0.2) is 50.8 Å². The van der Waals surface area contributed by atoms with Crippen LogP contribution >= 0.6 is 0 Å². The summed E-state index contributed by atoms with van der Waals surface area (Å²) in [6.07, 6.45) is 3.69. The Bertz CT molecular complexity index is 1020. The van der Waals surface area contributed by atoms with Crippen molar-refractivity contribution in [1.82, 2.24) is 14.9 Å². The molecule has 7 heteroatoms. The maximum atomic E-state index is 12.8. The highest BCUT2D eigenvalue weighted by Gasteiger charge is 2.61. The lowest BCUT2D eigenvalue weighted by atomic mass is 9.92. The van der Waals surface area contributed by atoms with E-state index in [2.05, 4.69) is 40.4 Å². The maximum Gasteiger partial charge on any atom is 0.317 e. The molecule has 2 aromatic rings. The van der Waals surface area contributed by atoms with E-state index < -0.39 is 10.0 Å². The minimum atomic E-state index is -3.38. The van der Waals surface area contributed by atoms with Gasteiger partial charge in [0, 0.05) is 24.5 Å². The van der Waals surface area contributed by atoms with E-state index in [0.29, 0.717) is 19.5 Å². The van der Waals surface area contributed by atoms with Gasteiger partial charge in [0.25, 0.3) is 0 Å². The van der Waals surface area contributed by atoms with Crippen molar-refractivity contribution in [2.45, 2.75) is 38.3 Å². The molecule has 1 heterocycles. The van der Waals surface area contributed by atoms with Crippen LogP contribution in [0.1, 0.15) is 25.3 Å². The monoisotopic (exact) mass is 427 g/mol. The first-order valence-corrected chi connectivity index (χ1v) is 12.4. The molecule has 0 radical (unpaired) electrons. The molecule has 1 spiro atoms. The number of urea groups is 1. The van der Waals surface area contributed by atoms with Gasteiger partial charge in [0.2, 0.25) is 10.0 Å². The highest BCUT2D eigenvalue weighted by atomic mass is 32.2. The Morgan fingerprint density at radius 3 is 2.43 bits per heavy atom. The molecule has 1 aliphatic heterocycles. The van der Waals surface area contributed by atoms with Crippen LogP contribution in [0.3, 0.4) is 0 Å². The number of likely N-dealkylation sites (tertiary alicyclic amines) is 1. The summed E-state index contributed by atoms with van der Waals surface area (Å²) in [4.78, 5) is 14.6. The van der Waals surface area contributed by atoms with Gasteiger partial charge >= 0.3 is 6.03 Å². The van der Waals surface area contributed by atoms with Crippen LogP contribution in [0, 0.1) is 5.41 Å². The molecule has 30 heavy (non-hydrogen) atoms. The van der Waals surface area contributed by atoms with E-state index >= 15 is 0 Å². The van der Waals surface area contributed by atoms with Gasteiger partial charge in [0.1, 0.15) is 0 Å². The quantitative estimate of drug-likeness (QED) is 0.744. The van der Waals surface area contributed by atoms with Gasteiger partial charge in [-0.3, -0.25) is 0 Å². The fourth-order valence-corrected chi connectivity index (χ4v) is 5.53. The highest BCUT2D eigenvalue weighted by Crippen LogP contribution is 2.55. The lowest BCUT2D eigenvalue weighted by Crippen LogP contribution is -2.51. The largest absolute Gasteiger partial charge is 0.338 e. The summed E-state index contributed by atoms with van der Waals surface area (Å²) >= 11 is 0. The molecule has 160 valence electrons. The number of rotatable bonds is 6. The standard InChI is InChI=1S/C23H29N3O3S/c1-3-24-22(27)26-16-23(12-13-23)21(25-30(2,28)29)20(26)15-17-8-7-11-19(14-17)18-9-5-4-6-10-18/h4-11,14,20-21,25H,3,12-13,15-16H2,1-2H3,(H,24,27)/t20-,21+/m0/s1. The first-order chi connectivity index (χ1) is 14.3. The summed E-state index contributed by atoms with van der Waals surface area (Å²) < 4.78 is 27.1. The smallest absolute Gasteiger partial charge is 0.317 e. The number of carbonyl (C=O) groups excluding carboxylic acids is 1. The summed E-state index contributed by atoms with van der Waals surface area (Å²) in [7, 11) is -3.38. The number of nitrogens with one attached hydrogen (secondary N) is 2. The van der Waals surface area contributed by atoms with Gasteiger partial charge in [-0.05, 0) is 42.9 Å². The van der Waals surface area contributed by atoms with Gasteiger partial charge in [0.05, 0.1) is 12.3 Å². The van der Waals surface area contributed by atoms with Crippen LogP contribution in [0.25, 0.3) is 11.1 Å². The van der Waals surface area contributed by atoms with E-state index in [4.69, 9.17) is 0 Å². The molecule has 2 atom stereocenters. The summed E-state index contributed by atoms with van der Waals surface area (Å²) in [5, 5.41) is 2.90. The van der Waals surface area contributed by atoms with Crippen LogP contribution in [0.4, 0.5) is 4.79 Å². The Labute approximate surface area is 178 Å². The van der Waals surface area contributed by atoms with Gasteiger partial charge in [-0.1, -0.05) is 54.6 Å². The normalized spacial score (nSPS) is 22.3. The zero-order valence-corrected chi connectivity index (χ0v) is 18.3. The van der Waals surface area contributed by atoms with E-state index in [-0.39, 0.29) is 23.5 Å². The molecular formula is C23H29N3O3S. The van der Waals surface area contributed by atoms with Crippen LogP contribution in [0.15, 0.2) is 54.6 Å². The zero-order chi connectivity index (χ0) is 21.4. The predicted molar refractivity (Wildman–Crippen MR) is 119 cm³/mol. The maximum absolute atomic E-state index is 12.8. The van der Waals surface area contributed by atoms with E-state index in [9.17, 15) is 13.2 Å². The number of hydrogen-bond acceptors (Lipinski definition) is 3. The Morgan fingerprint density at radius 2 is 1.80 bits per heavy atom. The minimum absolute atomic E-state index is 0.120. The second-order valence-corrected chi connectivity index (χ2v) is 10.3. The third-order valence-electron chi connectivity index (χ3n) is 6.23. The molecule has 2 amide bonds. The third-order valence-corrected chi connectivity index (χ3v) is 6.91. The third kappa shape index (κ3) is 4.37. The summed E-state index contributed by atoms with van der Waals surface area (Å²) in [5.41, 5.74) is 3.20. The van der Waals surface area contributed by atoms with Crippen molar-refractivity contribution in [3.05, 3.63) is 60.2 Å². The topological polar surface area (TPSA) is 78.5 Å². The average Bonchev–Trinajstić information content (AvgIpc) is 3.44. The fourth-order valence-electron chi connectivity index (χ4n) is 4.66. The number of nitrogens with zero attached hydrogens (tertiary/aromatic N) is 1. The van der Waals surface area contributed by atoms with Crippen molar-refractivity contribution >= 4 is 16.1 Å². The SMILES string of the molecule is CCNC(=O)N1CC2(CC2)[C@H](NS(C)(=O)=O)[C@@H]1Cc1cccc(-c2ccccc2)c1. The highest BCUT2D eigenvalue weighted by molar-refractivity contribution is 7.88. The van der Waals surface area contributed by atoms with Crippen LogP contribution in [-0.2, 0) is 16.4 Å². The molecule has 2 aliphatic rings. The van der Waals surface area contributed by atoms with Crippen LogP contribution in [0.5, 0.6) is 0 Å². The van der Waals surface area contributed by atoms with E-state index in [1.807, 2.05) is 36.1 Å². The molecular weight excluding hydrogens is 398 g/mol. The van der Waals surface area contributed by atoms with Crippen molar-refractivity contribution < 1.29 is 13.2 Å². The van der Waals surface area contributed by atoms with Crippen molar-refractivity contribution in [3.63, 3.8) is 0 Å². The average molecular weight is 428 g/mol.